The molecule has 3 aromatic heterocycles. The van der Waals surface area contributed by atoms with Crippen molar-refractivity contribution in [3.63, 3.8) is 0 Å². The number of carbonyl (C=O) groups excluding carboxylic acids is 1. The van der Waals surface area contributed by atoms with Gasteiger partial charge in [0.05, 0.1) is 35.6 Å². The number of alkyl halides is 2. The number of aliphatic imine (C=N–C) groups is 1. The van der Waals surface area contributed by atoms with Crippen LogP contribution in [0, 0.1) is 25.6 Å². The van der Waals surface area contributed by atoms with Gasteiger partial charge in [0.2, 0.25) is 0 Å². The summed E-state index contributed by atoms with van der Waals surface area (Å²) in [5, 5.41) is 0.243. The first kappa shape index (κ1) is 38.5. The highest BCUT2D eigenvalue weighted by Gasteiger charge is 2.45. The summed E-state index contributed by atoms with van der Waals surface area (Å²) >= 11 is 0. The lowest BCUT2D eigenvalue weighted by Crippen LogP contribution is -2.49. The van der Waals surface area contributed by atoms with Gasteiger partial charge in [0, 0.05) is 85.8 Å². The zero-order valence-electron chi connectivity index (χ0n) is 32.3. The minimum atomic E-state index is -3.29. The van der Waals surface area contributed by atoms with E-state index in [9.17, 15) is 9.59 Å². The van der Waals surface area contributed by atoms with E-state index in [-0.39, 0.29) is 41.6 Å². The molecule has 4 aromatic rings. The van der Waals surface area contributed by atoms with Crippen LogP contribution >= 0.6 is 0 Å². The number of aryl methyl sites for hydroxylation is 2. The number of benzene rings is 1. The first-order valence-electron chi connectivity index (χ1n) is 19.2. The van der Waals surface area contributed by atoms with Crippen LogP contribution in [-0.4, -0.2) is 75.5 Å². The Hall–Kier alpha value is -4.78. The molecule has 0 N–H and O–H groups in total. The monoisotopic (exact) mass is 757 g/mol. The van der Waals surface area contributed by atoms with Crippen LogP contribution in [0.3, 0.4) is 0 Å². The fourth-order valence-electron chi connectivity index (χ4n) is 7.81. The quantitative estimate of drug-likeness (QED) is 0.159. The number of rotatable bonds is 9. The molecule has 2 saturated heterocycles. The van der Waals surface area contributed by atoms with E-state index in [1.807, 2.05) is 42.9 Å². The van der Waals surface area contributed by atoms with Gasteiger partial charge < -0.3 is 19.1 Å². The van der Waals surface area contributed by atoms with Crippen LogP contribution in [0.1, 0.15) is 81.4 Å². The number of anilines is 2. The maximum Gasteiger partial charge on any atom is 0.433 e. The molecule has 7 rings (SSSR count). The molecule has 10 nitrogen and oxygen atoms in total. The van der Waals surface area contributed by atoms with E-state index in [0.29, 0.717) is 24.2 Å². The van der Waals surface area contributed by atoms with Crippen molar-refractivity contribution in [3.05, 3.63) is 93.5 Å². The van der Waals surface area contributed by atoms with E-state index in [2.05, 4.69) is 36.9 Å². The highest BCUT2D eigenvalue weighted by atomic mass is 19.3. The van der Waals surface area contributed by atoms with Crippen molar-refractivity contribution >= 4 is 34.6 Å². The standard InChI is InChI=1S/C42H50F3N7O3/c1-27-8-9-33(21-47-27)49-15-6-7-34(25-49)51(22-29-12-14-46-28(2)17-29)23-30-24-52(32-10-11-32)37-19-38(36(43)18-35(37)39(30)53)50-16-13-31(42(44,45)26-50)20-48-40(54)55-41(3,4)5/h8-9,12,14,17-21,24,31-32,34H,6-7,10-11,13,15-16,22-23,25-26H2,1-5H3/t31?,34-/m0/s1. The molecule has 1 amide bonds. The molecule has 2 atom stereocenters. The van der Waals surface area contributed by atoms with Gasteiger partial charge in [0.1, 0.15) is 11.4 Å². The molecule has 13 heteroatoms. The molecule has 292 valence electrons. The van der Waals surface area contributed by atoms with Gasteiger partial charge in [-0.3, -0.25) is 19.7 Å². The number of ether oxygens (including phenoxy) is 1. The summed E-state index contributed by atoms with van der Waals surface area (Å²) in [4.78, 5) is 45.0. The summed E-state index contributed by atoms with van der Waals surface area (Å²) in [6, 6.07) is 11.2. The summed E-state index contributed by atoms with van der Waals surface area (Å²) < 4.78 is 54.2. The summed E-state index contributed by atoms with van der Waals surface area (Å²) in [6.45, 7) is 11.0. The van der Waals surface area contributed by atoms with Crippen LogP contribution in [0.2, 0.25) is 0 Å². The molecule has 1 unspecified atom stereocenters. The molecule has 3 aliphatic rings. The maximum atomic E-state index is 16.1. The third kappa shape index (κ3) is 9.03. The third-order valence-electron chi connectivity index (χ3n) is 10.8. The molecular weight excluding hydrogens is 708 g/mol. The van der Waals surface area contributed by atoms with Gasteiger partial charge in [-0.1, -0.05) is 0 Å². The highest BCUT2D eigenvalue weighted by molar-refractivity contribution is 5.84. The van der Waals surface area contributed by atoms with E-state index in [1.165, 1.54) is 11.0 Å². The smallest absolute Gasteiger partial charge is 0.433 e. The van der Waals surface area contributed by atoms with Crippen molar-refractivity contribution in [2.24, 2.45) is 10.9 Å². The summed E-state index contributed by atoms with van der Waals surface area (Å²) in [5.41, 5.74) is 4.12. The van der Waals surface area contributed by atoms with Crippen LogP contribution < -0.4 is 15.2 Å². The molecule has 5 heterocycles. The Morgan fingerprint density at radius 2 is 1.82 bits per heavy atom. The van der Waals surface area contributed by atoms with Crippen LogP contribution in [-0.2, 0) is 17.8 Å². The summed E-state index contributed by atoms with van der Waals surface area (Å²) in [5.74, 6) is -5.32. The van der Waals surface area contributed by atoms with E-state index in [0.717, 1.165) is 67.6 Å². The van der Waals surface area contributed by atoms with E-state index < -0.39 is 35.9 Å². The number of hydrogen-bond acceptors (Lipinski definition) is 8. The van der Waals surface area contributed by atoms with Crippen LogP contribution in [0.25, 0.3) is 10.9 Å². The number of fused-ring (bicyclic) bond motifs is 1. The number of pyridine rings is 3. The largest absolute Gasteiger partial charge is 0.442 e. The predicted octanol–water partition coefficient (Wildman–Crippen LogP) is 8.02. The molecule has 0 bridgehead atoms. The number of amides is 1. The van der Waals surface area contributed by atoms with Gasteiger partial charge in [-0.2, -0.15) is 4.99 Å². The van der Waals surface area contributed by atoms with E-state index in [4.69, 9.17) is 4.74 Å². The van der Waals surface area contributed by atoms with Gasteiger partial charge >= 0.3 is 6.09 Å². The number of piperidine rings is 2. The number of halogens is 3. The van der Waals surface area contributed by atoms with Gasteiger partial charge in [-0.05, 0) is 109 Å². The van der Waals surface area contributed by atoms with Gasteiger partial charge in [0.15, 0.2) is 5.43 Å². The van der Waals surface area contributed by atoms with E-state index in [1.54, 1.807) is 33.0 Å². The predicted molar refractivity (Wildman–Crippen MR) is 209 cm³/mol. The lowest BCUT2D eigenvalue weighted by Gasteiger charge is -2.40. The Morgan fingerprint density at radius 1 is 1.02 bits per heavy atom. The normalized spacial score (nSPS) is 20.5. The van der Waals surface area contributed by atoms with E-state index >= 15 is 13.2 Å². The van der Waals surface area contributed by atoms with Crippen molar-refractivity contribution in [2.75, 3.05) is 36.0 Å². The topological polar surface area (TPSA) is 96.2 Å². The average Bonchev–Trinajstić information content (AvgIpc) is 3.97. The second kappa shape index (κ2) is 15.4. The average molecular weight is 758 g/mol. The molecule has 0 radical (unpaired) electrons. The Labute approximate surface area is 320 Å². The Morgan fingerprint density at radius 3 is 2.51 bits per heavy atom. The highest BCUT2D eigenvalue weighted by Crippen LogP contribution is 2.40. The lowest BCUT2D eigenvalue weighted by atomic mass is 9.93. The first-order valence-corrected chi connectivity index (χ1v) is 19.2. The number of nitrogens with zero attached hydrogens (tertiary/aromatic N) is 7. The van der Waals surface area contributed by atoms with Crippen molar-refractivity contribution < 1.29 is 22.7 Å². The minimum absolute atomic E-state index is 0.0267. The fraction of sp³-hybridized carbons (Fsp3) is 0.500. The minimum Gasteiger partial charge on any atom is -0.442 e. The first-order chi connectivity index (χ1) is 26.1. The van der Waals surface area contributed by atoms with Crippen LogP contribution in [0.5, 0.6) is 0 Å². The van der Waals surface area contributed by atoms with Gasteiger partial charge in [-0.25, -0.2) is 18.0 Å². The van der Waals surface area contributed by atoms with Gasteiger partial charge in [0.25, 0.3) is 5.92 Å². The van der Waals surface area contributed by atoms with Crippen molar-refractivity contribution in [1.29, 1.82) is 0 Å². The zero-order valence-corrected chi connectivity index (χ0v) is 32.3. The third-order valence-corrected chi connectivity index (χ3v) is 10.8. The molecule has 55 heavy (non-hydrogen) atoms. The van der Waals surface area contributed by atoms with Crippen molar-refractivity contribution in [1.82, 2.24) is 19.4 Å². The number of carbonyl (C=O) groups is 1. The molecular formula is C42H50F3N7O3. The fourth-order valence-corrected chi connectivity index (χ4v) is 7.81. The van der Waals surface area contributed by atoms with Crippen molar-refractivity contribution in [3.8, 4) is 0 Å². The Balaban J connectivity index is 1.17. The summed E-state index contributed by atoms with van der Waals surface area (Å²) in [6.07, 6.45) is 9.37. The Kier molecular flexibility index (Phi) is 10.8. The lowest BCUT2D eigenvalue weighted by molar-refractivity contribution is -0.0369. The van der Waals surface area contributed by atoms with Crippen molar-refractivity contribution in [2.45, 2.75) is 103 Å². The summed E-state index contributed by atoms with van der Waals surface area (Å²) in [7, 11) is 0. The van der Waals surface area contributed by atoms with Crippen LogP contribution in [0.4, 0.5) is 29.3 Å². The Bertz CT molecular complexity index is 2130. The SMILES string of the molecule is Cc1ccc(N2CCC[C@H](N(Cc3ccnc(C)c3)Cc3cn(C4CC4)c4cc(N5CCC(C=NC(=O)OC(C)(C)C)C(F)(F)C5)c(F)cc4c3=O)C2)cn1. The second-order valence-corrected chi connectivity index (χ2v) is 16.4. The molecule has 1 aromatic carbocycles. The van der Waals surface area contributed by atoms with Gasteiger partial charge in [-0.15, -0.1) is 0 Å². The van der Waals surface area contributed by atoms with Crippen LogP contribution in [0.15, 0.2) is 64.8 Å². The molecule has 1 saturated carbocycles. The molecule has 0 spiro atoms. The number of hydrogen-bond donors (Lipinski definition) is 0. The second-order valence-electron chi connectivity index (χ2n) is 16.4. The number of aromatic nitrogens is 3. The molecule has 1 aliphatic carbocycles. The molecule has 2 aliphatic heterocycles. The zero-order chi connectivity index (χ0) is 39.1. The maximum absolute atomic E-state index is 16.1. The molecule has 3 fully saturated rings.